The van der Waals surface area contributed by atoms with E-state index < -0.39 is 0 Å². The van der Waals surface area contributed by atoms with Gasteiger partial charge in [-0.15, -0.1) is 0 Å². The molecule has 0 unspecified atom stereocenters. The van der Waals surface area contributed by atoms with Gasteiger partial charge in [-0.3, -0.25) is 0 Å². The van der Waals surface area contributed by atoms with Crippen LogP contribution in [-0.2, 0) is 4.44 Å². The molecule has 1 heteroatoms. The van der Waals surface area contributed by atoms with Crippen molar-refractivity contribution in [3.63, 3.8) is 0 Å². The van der Waals surface area contributed by atoms with E-state index in [1.165, 1.54) is 10.9 Å². The van der Waals surface area contributed by atoms with Crippen molar-refractivity contribution >= 4 is 21.1 Å². The normalized spacial score (nSPS) is 9.91. The van der Waals surface area contributed by atoms with Gasteiger partial charge in [0.1, 0.15) is 0 Å². The minimum absolute atomic E-state index is 0.199. The van der Waals surface area contributed by atoms with Gasteiger partial charge < -0.3 is 0 Å². The third-order valence-corrected chi connectivity index (χ3v) is 6.70. The van der Waals surface area contributed by atoms with Crippen LogP contribution in [0.15, 0.2) is 30.3 Å². The van der Waals surface area contributed by atoms with E-state index in [4.69, 9.17) is 0 Å². The molecule has 0 bridgehead atoms. The third kappa shape index (κ3) is 3.80. The molecule has 59 valence electrons. The first kappa shape index (κ1) is 9.11. The van der Waals surface area contributed by atoms with E-state index in [1.807, 2.05) is 0 Å². The van der Waals surface area contributed by atoms with Crippen molar-refractivity contribution in [2.45, 2.75) is 22.2 Å². The van der Waals surface area contributed by atoms with E-state index in [0.717, 1.165) is 0 Å². The van der Waals surface area contributed by atoms with Crippen molar-refractivity contribution in [2.75, 3.05) is 0 Å². The molecule has 0 atom stereocenters. The fraction of sp³-hybridized carbons (Fsp3) is 0.400. The van der Waals surface area contributed by atoms with E-state index in [0.29, 0.717) is 0 Å². The molecule has 0 spiro atoms. The maximum absolute atomic E-state index is 2.29. The Morgan fingerprint density at radius 2 is 1.91 bits per heavy atom. The molecule has 0 fully saturated rings. The van der Waals surface area contributed by atoms with E-state index in [2.05, 4.69) is 37.3 Å². The molecule has 1 rings (SSSR count). The van der Waals surface area contributed by atoms with Gasteiger partial charge in [-0.1, -0.05) is 0 Å². The van der Waals surface area contributed by atoms with Gasteiger partial charge in [-0.05, 0) is 0 Å². The Hall–Kier alpha value is 0.0187. The Morgan fingerprint density at radius 1 is 1.18 bits per heavy atom. The molecule has 1 aromatic carbocycles. The van der Waals surface area contributed by atoms with Crippen molar-refractivity contribution in [2.24, 2.45) is 0 Å². The van der Waals surface area contributed by atoms with Crippen LogP contribution in [0.25, 0.3) is 0 Å². The van der Waals surface area contributed by atoms with Crippen molar-refractivity contribution in [1.29, 1.82) is 0 Å². The Bertz CT molecular complexity index is 181. The van der Waals surface area contributed by atoms with Gasteiger partial charge in [0.2, 0.25) is 0 Å². The summed E-state index contributed by atoms with van der Waals surface area (Å²) >= 11 is -0.199. The summed E-state index contributed by atoms with van der Waals surface area (Å²) in [6, 6.07) is 10.9. The molecule has 0 aliphatic heterocycles. The van der Waals surface area contributed by atoms with Crippen LogP contribution in [-0.4, -0.2) is 21.1 Å². The zero-order valence-electron chi connectivity index (χ0n) is 7.09. The van der Waals surface area contributed by atoms with Crippen LogP contribution in [0.4, 0.5) is 0 Å². The van der Waals surface area contributed by atoms with Gasteiger partial charge in [-0.25, -0.2) is 0 Å². The summed E-state index contributed by atoms with van der Waals surface area (Å²) in [5.74, 6) is 0. The van der Waals surface area contributed by atoms with Gasteiger partial charge in [0.05, 0.1) is 0 Å². The molecule has 11 heavy (non-hydrogen) atoms. The second kappa shape index (κ2) is 5.64. The van der Waals surface area contributed by atoms with E-state index >= 15 is 0 Å². The monoisotopic (exact) mass is 255 g/mol. The van der Waals surface area contributed by atoms with Crippen molar-refractivity contribution < 1.29 is 0 Å². The fourth-order valence-electron chi connectivity index (χ4n) is 1.09. The molecular formula is C10H15Sn. The van der Waals surface area contributed by atoms with Gasteiger partial charge in [-0.2, -0.15) is 0 Å². The second-order valence-corrected chi connectivity index (χ2v) is 7.23. The predicted octanol–water partition coefficient (Wildman–Crippen LogP) is 2.45. The van der Waals surface area contributed by atoms with Crippen LogP contribution >= 0.6 is 0 Å². The zero-order chi connectivity index (χ0) is 7.94. The van der Waals surface area contributed by atoms with Gasteiger partial charge in [0.25, 0.3) is 0 Å². The average Bonchev–Trinajstić information content (AvgIpc) is 2.07. The summed E-state index contributed by atoms with van der Waals surface area (Å²) in [5.41, 5.74) is 1.56. The Kier molecular flexibility index (Phi) is 4.67. The third-order valence-electron chi connectivity index (χ3n) is 1.72. The van der Waals surface area contributed by atoms with E-state index in [9.17, 15) is 0 Å². The molecule has 0 heterocycles. The first-order chi connectivity index (χ1) is 5.43. The molecule has 0 aromatic heterocycles. The quantitative estimate of drug-likeness (QED) is 0.571. The molecule has 0 nitrogen and oxygen atoms in total. The number of rotatable bonds is 4. The SMILES string of the molecule is CC[CH2][SnH][CH2]c1ccccc1. The molecule has 0 aliphatic carbocycles. The Morgan fingerprint density at radius 3 is 2.55 bits per heavy atom. The van der Waals surface area contributed by atoms with Crippen LogP contribution in [0.3, 0.4) is 0 Å². The topological polar surface area (TPSA) is 0 Å². The molecule has 0 N–H and O–H groups in total. The van der Waals surface area contributed by atoms with Crippen molar-refractivity contribution in [1.82, 2.24) is 0 Å². The molecule has 0 amide bonds. The first-order valence-corrected chi connectivity index (χ1v) is 8.95. The number of hydrogen-bond acceptors (Lipinski definition) is 0. The summed E-state index contributed by atoms with van der Waals surface area (Å²) < 4.78 is 2.98. The second-order valence-electron chi connectivity index (χ2n) is 2.77. The molecule has 0 saturated heterocycles. The van der Waals surface area contributed by atoms with Gasteiger partial charge in [0, 0.05) is 0 Å². The summed E-state index contributed by atoms with van der Waals surface area (Å²) in [6.45, 7) is 2.29. The van der Waals surface area contributed by atoms with E-state index in [1.54, 1.807) is 10.0 Å². The summed E-state index contributed by atoms with van der Waals surface area (Å²) in [4.78, 5) is 0. The molecule has 1 radical (unpaired) electrons. The van der Waals surface area contributed by atoms with Crippen LogP contribution in [0.5, 0.6) is 0 Å². The molecule has 0 saturated carbocycles. The summed E-state index contributed by atoms with van der Waals surface area (Å²) in [5, 5.41) is 0. The Labute approximate surface area is 79.2 Å². The molecular weight excluding hydrogens is 239 g/mol. The van der Waals surface area contributed by atoms with Gasteiger partial charge >= 0.3 is 79.3 Å². The summed E-state index contributed by atoms with van der Waals surface area (Å²) in [6.07, 6.45) is 1.40. The van der Waals surface area contributed by atoms with Crippen LogP contribution in [0, 0.1) is 0 Å². The molecule has 0 aliphatic rings. The van der Waals surface area contributed by atoms with E-state index in [-0.39, 0.29) is 21.1 Å². The first-order valence-electron chi connectivity index (χ1n) is 4.29. The maximum atomic E-state index is 2.29. The zero-order valence-corrected chi connectivity index (χ0v) is 10.4. The summed E-state index contributed by atoms with van der Waals surface area (Å²) in [7, 11) is 0. The Balaban J connectivity index is 2.28. The van der Waals surface area contributed by atoms with Gasteiger partial charge in [0.15, 0.2) is 0 Å². The predicted molar refractivity (Wildman–Crippen MR) is 52.4 cm³/mol. The number of hydrogen-bond donors (Lipinski definition) is 0. The average molecular weight is 254 g/mol. The van der Waals surface area contributed by atoms with Crippen molar-refractivity contribution in [3.05, 3.63) is 35.9 Å². The van der Waals surface area contributed by atoms with Crippen LogP contribution in [0.1, 0.15) is 18.9 Å². The van der Waals surface area contributed by atoms with Crippen LogP contribution < -0.4 is 0 Å². The number of benzene rings is 1. The fourth-order valence-corrected chi connectivity index (χ4v) is 4.56. The standard InChI is InChI=1S/C7H7.C3H7.Sn.H/c1-7-5-3-2-4-6-7;1-3-2;;/h2-6H,1H2;1,3H2,2H3;;. The minimum atomic E-state index is -0.199. The van der Waals surface area contributed by atoms with Crippen LogP contribution in [0.2, 0.25) is 4.44 Å². The van der Waals surface area contributed by atoms with Crippen molar-refractivity contribution in [3.8, 4) is 0 Å². The molecule has 1 aromatic rings.